The van der Waals surface area contributed by atoms with Crippen molar-refractivity contribution in [3.8, 4) is 11.1 Å². The molecular weight excluding hydrogens is 827 g/mol. The van der Waals surface area contributed by atoms with Gasteiger partial charge in [0.1, 0.15) is 0 Å². The lowest BCUT2D eigenvalue weighted by Crippen LogP contribution is -2.47. The van der Waals surface area contributed by atoms with Crippen LogP contribution in [0.15, 0.2) is 218 Å². The minimum atomic E-state index is -0.215. The Hall–Kier alpha value is -6.98. The summed E-state index contributed by atoms with van der Waals surface area (Å²) >= 11 is 0. The molecule has 2 atom stereocenters. The van der Waals surface area contributed by atoms with Crippen molar-refractivity contribution in [2.24, 2.45) is 5.92 Å². The van der Waals surface area contributed by atoms with E-state index in [4.69, 9.17) is 4.84 Å². The van der Waals surface area contributed by atoms with E-state index in [-0.39, 0.29) is 23.1 Å². The molecule has 4 nitrogen and oxygen atoms in total. The number of hydrogen-bond acceptors (Lipinski definition) is 4. The molecule has 2 aliphatic carbocycles. The number of benzene rings is 7. The zero-order valence-corrected chi connectivity index (χ0v) is 41.0. The average molecular weight is 892 g/mol. The predicted molar refractivity (Wildman–Crippen MR) is 289 cm³/mol. The number of hydrogen-bond donors (Lipinski definition) is 0. The fraction of sp³-hybridized carbons (Fsp3) is 0.219. The highest BCUT2D eigenvalue weighted by Gasteiger charge is 2.37. The van der Waals surface area contributed by atoms with Gasteiger partial charge < -0.3 is 9.80 Å². The maximum atomic E-state index is 7.03. The summed E-state index contributed by atoms with van der Waals surface area (Å²) in [5.41, 5.74) is 16.5. The Bertz CT molecular complexity index is 2900. The van der Waals surface area contributed by atoms with E-state index in [1.165, 1.54) is 39.0 Å². The second-order valence-corrected chi connectivity index (χ2v) is 20.0. The molecule has 0 N–H and O–H groups in total. The Morgan fingerprint density at radius 1 is 0.529 bits per heavy atom. The molecule has 68 heavy (non-hydrogen) atoms. The minimum absolute atomic E-state index is 0.111. The molecule has 0 aliphatic heterocycles. The van der Waals surface area contributed by atoms with Crippen molar-refractivity contribution >= 4 is 40.6 Å². The van der Waals surface area contributed by atoms with Crippen LogP contribution in [-0.2, 0) is 10.3 Å². The lowest BCUT2D eigenvalue weighted by atomic mass is 9.81. The Balaban J connectivity index is 0.971. The van der Waals surface area contributed by atoms with Crippen molar-refractivity contribution < 1.29 is 4.84 Å². The van der Waals surface area contributed by atoms with Crippen molar-refractivity contribution in [2.75, 3.05) is 9.80 Å². The summed E-state index contributed by atoms with van der Waals surface area (Å²) in [6, 6.07) is 65.6. The smallest absolute Gasteiger partial charge is 0.0981 e. The maximum Gasteiger partial charge on any atom is 0.0981 e. The lowest BCUT2D eigenvalue weighted by molar-refractivity contribution is -0.262. The molecule has 9 rings (SSSR count). The van der Waals surface area contributed by atoms with Gasteiger partial charge >= 0.3 is 0 Å². The van der Waals surface area contributed by atoms with Crippen LogP contribution in [-0.4, -0.2) is 16.7 Å². The average Bonchev–Trinajstić information content (AvgIpc) is 3.46. The highest BCUT2D eigenvalue weighted by molar-refractivity contribution is 5.86. The molecule has 0 saturated heterocycles. The van der Waals surface area contributed by atoms with E-state index in [0.717, 1.165) is 46.1 Å². The SMILES string of the molecule is CC(ON(C(c1ccccc1)C(C)C)C(C)(C)C)C1=CC=C(N(c2ccccc2)c2ccc3c(c2)C(C)(C)c2cc(C=Cc4ccc(N(c5ccccc5)c5ccccc5)cc4)ccc2-3)C=CC1. The van der Waals surface area contributed by atoms with Crippen LogP contribution in [0, 0.1) is 5.92 Å². The number of anilines is 5. The highest BCUT2D eigenvalue weighted by Crippen LogP contribution is 2.51. The summed E-state index contributed by atoms with van der Waals surface area (Å²) in [5, 5.41) is 2.24. The molecule has 342 valence electrons. The van der Waals surface area contributed by atoms with Crippen molar-refractivity contribution in [1.82, 2.24) is 5.06 Å². The fourth-order valence-electron chi connectivity index (χ4n) is 9.94. The van der Waals surface area contributed by atoms with Crippen molar-refractivity contribution in [1.29, 1.82) is 0 Å². The molecule has 0 spiro atoms. The molecule has 0 aromatic heterocycles. The van der Waals surface area contributed by atoms with Gasteiger partial charge in [-0.1, -0.05) is 173 Å². The maximum absolute atomic E-state index is 7.03. The van der Waals surface area contributed by atoms with Crippen molar-refractivity contribution in [2.45, 2.75) is 84.9 Å². The molecule has 2 aliphatic rings. The predicted octanol–water partition coefficient (Wildman–Crippen LogP) is 17.4. The van der Waals surface area contributed by atoms with Gasteiger partial charge in [0.05, 0.1) is 12.1 Å². The van der Waals surface area contributed by atoms with Gasteiger partial charge in [0, 0.05) is 45.1 Å². The molecular formula is C64H65N3O. The van der Waals surface area contributed by atoms with E-state index in [0.29, 0.717) is 5.92 Å². The third-order valence-corrected chi connectivity index (χ3v) is 13.5. The van der Waals surface area contributed by atoms with Crippen LogP contribution < -0.4 is 9.80 Å². The first-order valence-electron chi connectivity index (χ1n) is 24.3. The first-order valence-corrected chi connectivity index (χ1v) is 24.3. The van der Waals surface area contributed by atoms with Gasteiger partial charge in [0.25, 0.3) is 0 Å². The van der Waals surface area contributed by atoms with Gasteiger partial charge in [0.2, 0.25) is 0 Å². The van der Waals surface area contributed by atoms with E-state index >= 15 is 0 Å². The molecule has 7 aromatic rings. The van der Waals surface area contributed by atoms with Crippen LogP contribution >= 0.6 is 0 Å². The van der Waals surface area contributed by atoms with Gasteiger partial charge in [-0.05, 0) is 157 Å². The topological polar surface area (TPSA) is 19.0 Å². The summed E-state index contributed by atoms with van der Waals surface area (Å²) in [5.74, 6) is 0.356. The molecule has 0 amide bonds. The number of para-hydroxylation sites is 3. The largest absolute Gasteiger partial charge is 0.311 e. The lowest BCUT2D eigenvalue weighted by Gasteiger charge is -2.44. The molecule has 0 radical (unpaired) electrons. The zero-order valence-electron chi connectivity index (χ0n) is 41.0. The third kappa shape index (κ3) is 9.71. The number of fused-ring (bicyclic) bond motifs is 3. The molecule has 7 aromatic carbocycles. The van der Waals surface area contributed by atoms with E-state index in [9.17, 15) is 0 Å². The Morgan fingerprint density at radius 2 is 1.01 bits per heavy atom. The van der Waals surface area contributed by atoms with Gasteiger partial charge in [0.15, 0.2) is 0 Å². The van der Waals surface area contributed by atoms with E-state index < -0.39 is 0 Å². The van der Waals surface area contributed by atoms with Gasteiger partial charge in [-0.25, -0.2) is 0 Å². The summed E-state index contributed by atoms with van der Waals surface area (Å²) in [6.07, 6.45) is 14.3. The molecule has 2 unspecified atom stereocenters. The third-order valence-electron chi connectivity index (χ3n) is 13.5. The Morgan fingerprint density at radius 3 is 1.59 bits per heavy atom. The standard InChI is InChI=1S/C64H65N3O/c1-46(2)62(51-22-13-9-14-23-51)67(63(4,5)6)68-47(3)50-24-21-31-55(40-37-50)66(54-29-19-12-20-30-54)57-41-43-59-58-42-36-49(44-60(58)64(7,8)61(59)45-57)33-32-48-34-38-56(39-35-48)65(52-25-15-10-16-26-52)53-27-17-11-18-28-53/h9-23,25-47,62H,24H2,1-8H3. The molecule has 0 heterocycles. The van der Waals surface area contributed by atoms with Crippen LogP contribution in [0.25, 0.3) is 23.3 Å². The summed E-state index contributed by atoms with van der Waals surface area (Å²) in [6.45, 7) is 18.2. The van der Waals surface area contributed by atoms with Crippen LogP contribution in [0.2, 0.25) is 0 Å². The number of rotatable bonds is 14. The summed E-state index contributed by atoms with van der Waals surface area (Å²) < 4.78 is 0. The summed E-state index contributed by atoms with van der Waals surface area (Å²) in [4.78, 5) is 11.7. The number of allylic oxidation sites excluding steroid dienone is 4. The molecule has 4 heteroatoms. The van der Waals surface area contributed by atoms with Crippen LogP contribution in [0.3, 0.4) is 0 Å². The van der Waals surface area contributed by atoms with Crippen LogP contribution in [0.1, 0.15) is 95.7 Å². The second-order valence-electron chi connectivity index (χ2n) is 20.0. The first-order chi connectivity index (χ1) is 32.9. The normalized spacial score (nSPS) is 15.1. The van der Waals surface area contributed by atoms with Crippen molar-refractivity contribution in [3.05, 3.63) is 245 Å². The van der Waals surface area contributed by atoms with Crippen molar-refractivity contribution in [3.63, 3.8) is 0 Å². The fourth-order valence-corrected chi connectivity index (χ4v) is 9.94. The van der Waals surface area contributed by atoms with E-state index in [1.54, 1.807) is 0 Å². The van der Waals surface area contributed by atoms with Gasteiger partial charge in [-0.3, -0.25) is 4.84 Å². The van der Waals surface area contributed by atoms with Crippen LogP contribution in [0.4, 0.5) is 28.4 Å². The van der Waals surface area contributed by atoms with E-state index in [2.05, 4.69) is 289 Å². The quantitative estimate of drug-likeness (QED) is 0.0800. The highest BCUT2D eigenvalue weighted by atomic mass is 16.7. The Labute approximate surface area is 405 Å². The van der Waals surface area contributed by atoms with Crippen LogP contribution in [0.5, 0.6) is 0 Å². The molecule has 0 fully saturated rings. The summed E-state index contributed by atoms with van der Waals surface area (Å²) in [7, 11) is 0. The molecule has 0 bridgehead atoms. The zero-order chi connectivity index (χ0) is 47.4. The van der Waals surface area contributed by atoms with Gasteiger partial charge in [-0.15, -0.1) is 0 Å². The van der Waals surface area contributed by atoms with Gasteiger partial charge in [-0.2, -0.15) is 5.06 Å². The minimum Gasteiger partial charge on any atom is -0.311 e. The molecule has 0 saturated carbocycles. The monoisotopic (exact) mass is 892 g/mol. The second kappa shape index (κ2) is 19.7. The number of nitrogens with zero attached hydrogens (tertiary/aromatic N) is 3. The number of hydroxylamine groups is 2. The Kier molecular flexibility index (Phi) is 13.4. The first kappa shape index (κ1) is 46.1. The van der Waals surface area contributed by atoms with E-state index in [1.807, 2.05) is 0 Å².